The van der Waals surface area contributed by atoms with E-state index in [4.69, 9.17) is 9.47 Å². The Morgan fingerprint density at radius 3 is 2.47 bits per heavy atom. The zero-order valence-electron chi connectivity index (χ0n) is 19.5. The summed E-state index contributed by atoms with van der Waals surface area (Å²) >= 11 is 0. The molecule has 0 bridgehead atoms. The second kappa shape index (κ2) is 10.4. The number of aryl methyl sites for hydroxylation is 1. The van der Waals surface area contributed by atoms with Crippen LogP contribution in [0.15, 0.2) is 48.5 Å². The van der Waals surface area contributed by atoms with E-state index in [0.717, 1.165) is 69.7 Å². The second-order valence-electron chi connectivity index (χ2n) is 9.29. The highest BCUT2D eigenvalue weighted by Crippen LogP contribution is 2.39. The van der Waals surface area contributed by atoms with Gasteiger partial charge in [-0.25, -0.2) is 0 Å². The topological polar surface area (TPSA) is 42.0 Å². The number of hydrogen-bond acceptors (Lipinski definition) is 4. The molecule has 2 aromatic rings. The second-order valence-corrected chi connectivity index (χ2v) is 9.29. The zero-order valence-corrected chi connectivity index (χ0v) is 19.5. The molecule has 2 heterocycles. The van der Waals surface area contributed by atoms with Gasteiger partial charge in [-0.15, -0.1) is 0 Å². The van der Waals surface area contributed by atoms with Gasteiger partial charge in [0, 0.05) is 13.6 Å². The molecule has 0 saturated carbocycles. The molecule has 1 amide bonds. The number of fused-ring (bicyclic) bond motifs is 1. The minimum Gasteiger partial charge on any atom is -0.497 e. The molecule has 0 unspecified atom stereocenters. The van der Waals surface area contributed by atoms with Crippen LogP contribution in [0.1, 0.15) is 43.2 Å². The van der Waals surface area contributed by atoms with Crippen LogP contribution in [0, 0.1) is 5.41 Å². The van der Waals surface area contributed by atoms with Crippen molar-refractivity contribution in [2.24, 2.45) is 5.41 Å². The lowest BCUT2D eigenvalue weighted by Crippen LogP contribution is -2.50. The lowest BCUT2D eigenvalue weighted by atomic mass is 9.73. The fraction of sp³-hybridized carbons (Fsp3) is 0.519. The van der Waals surface area contributed by atoms with Gasteiger partial charge in [0.25, 0.3) is 0 Å². The monoisotopic (exact) mass is 436 g/mol. The summed E-state index contributed by atoms with van der Waals surface area (Å²) < 4.78 is 11.3. The largest absolute Gasteiger partial charge is 0.497 e. The van der Waals surface area contributed by atoms with Gasteiger partial charge in [-0.05, 0) is 74.5 Å². The SMILES string of the molecule is COc1ccc(CN2CCC3(CCCCc4ccccc4OCCN(C)C3=O)CC2)cc1. The van der Waals surface area contributed by atoms with Gasteiger partial charge in [-0.1, -0.05) is 36.8 Å². The van der Waals surface area contributed by atoms with Crippen molar-refractivity contribution in [3.8, 4) is 11.5 Å². The van der Waals surface area contributed by atoms with Crippen molar-refractivity contribution in [2.45, 2.75) is 45.1 Å². The van der Waals surface area contributed by atoms with E-state index in [1.165, 1.54) is 11.1 Å². The molecule has 172 valence electrons. The van der Waals surface area contributed by atoms with Gasteiger partial charge in [0.15, 0.2) is 0 Å². The van der Waals surface area contributed by atoms with Crippen molar-refractivity contribution in [3.05, 3.63) is 59.7 Å². The lowest BCUT2D eigenvalue weighted by Gasteiger charge is -2.43. The van der Waals surface area contributed by atoms with Gasteiger partial charge < -0.3 is 14.4 Å². The molecule has 4 rings (SSSR count). The maximum atomic E-state index is 13.6. The Morgan fingerprint density at radius 1 is 0.969 bits per heavy atom. The smallest absolute Gasteiger partial charge is 0.228 e. The van der Waals surface area contributed by atoms with Crippen LogP contribution in [0.4, 0.5) is 0 Å². The van der Waals surface area contributed by atoms with Crippen LogP contribution in [-0.2, 0) is 17.8 Å². The Hall–Kier alpha value is -2.53. The molecule has 0 N–H and O–H groups in total. The number of benzene rings is 2. The first-order valence-electron chi connectivity index (χ1n) is 11.9. The number of rotatable bonds is 3. The molecule has 5 heteroatoms. The number of carbonyl (C=O) groups excluding carboxylic acids is 1. The quantitative estimate of drug-likeness (QED) is 0.708. The molecule has 1 saturated heterocycles. The summed E-state index contributed by atoms with van der Waals surface area (Å²) in [7, 11) is 3.63. The maximum absolute atomic E-state index is 13.6. The van der Waals surface area contributed by atoms with Crippen LogP contribution >= 0.6 is 0 Å². The average Bonchev–Trinajstić information content (AvgIpc) is 2.83. The number of likely N-dealkylation sites (tertiary alicyclic amines) is 1. The summed E-state index contributed by atoms with van der Waals surface area (Å²) in [4.78, 5) is 17.9. The normalized spacial score (nSPS) is 20.1. The number of hydrogen-bond donors (Lipinski definition) is 0. The van der Waals surface area contributed by atoms with Crippen LogP contribution in [0.25, 0.3) is 0 Å². The molecular formula is C27H36N2O3. The third-order valence-electron chi connectivity index (χ3n) is 7.19. The molecule has 0 radical (unpaired) electrons. The van der Waals surface area contributed by atoms with Crippen LogP contribution in [-0.4, -0.2) is 56.1 Å². The lowest BCUT2D eigenvalue weighted by molar-refractivity contribution is -0.145. The molecule has 0 atom stereocenters. The Kier molecular flexibility index (Phi) is 7.36. The predicted molar refractivity (Wildman–Crippen MR) is 127 cm³/mol. The summed E-state index contributed by atoms with van der Waals surface area (Å²) in [6.45, 7) is 4.02. The van der Waals surface area contributed by atoms with Crippen molar-refractivity contribution in [1.82, 2.24) is 9.80 Å². The van der Waals surface area contributed by atoms with Crippen LogP contribution < -0.4 is 9.47 Å². The predicted octanol–water partition coefficient (Wildman–Crippen LogP) is 4.54. The van der Waals surface area contributed by atoms with Gasteiger partial charge in [0.2, 0.25) is 5.91 Å². The molecular weight excluding hydrogens is 400 g/mol. The van der Waals surface area contributed by atoms with Gasteiger partial charge in [0.05, 0.1) is 19.1 Å². The summed E-state index contributed by atoms with van der Waals surface area (Å²) in [6, 6.07) is 16.6. The van der Waals surface area contributed by atoms with Gasteiger partial charge in [-0.2, -0.15) is 0 Å². The minimum atomic E-state index is -0.232. The standard InChI is InChI=1S/C27H36N2O3/c1-28-19-20-32-25-9-4-3-7-23(25)8-5-6-14-27(26(28)30)15-17-29(18-16-27)21-22-10-12-24(31-2)13-11-22/h3-4,7,9-13H,5-6,8,14-21H2,1-2H3. The summed E-state index contributed by atoms with van der Waals surface area (Å²) in [5.74, 6) is 2.16. The number of piperidine rings is 1. The van der Waals surface area contributed by atoms with Gasteiger partial charge >= 0.3 is 0 Å². The van der Waals surface area contributed by atoms with Crippen molar-refractivity contribution in [1.29, 1.82) is 0 Å². The van der Waals surface area contributed by atoms with Gasteiger partial charge in [0.1, 0.15) is 18.1 Å². The number of carbonyl (C=O) groups is 1. The Bertz CT molecular complexity index is 888. The summed E-state index contributed by atoms with van der Waals surface area (Å²) in [5.41, 5.74) is 2.34. The van der Waals surface area contributed by atoms with Crippen molar-refractivity contribution < 1.29 is 14.3 Å². The Morgan fingerprint density at radius 2 is 1.72 bits per heavy atom. The third-order valence-corrected chi connectivity index (χ3v) is 7.19. The molecule has 0 aromatic heterocycles. The van der Waals surface area contributed by atoms with Crippen molar-refractivity contribution >= 4 is 5.91 Å². The Labute approximate surface area is 192 Å². The fourth-order valence-corrected chi connectivity index (χ4v) is 5.13. The molecule has 2 aromatic carbocycles. The molecule has 5 nitrogen and oxygen atoms in total. The molecule has 1 spiro atoms. The Balaban J connectivity index is 1.40. The van der Waals surface area contributed by atoms with E-state index >= 15 is 0 Å². The molecule has 0 aliphatic carbocycles. The number of para-hydroxylation sites is 1. The molecule has 2 aliphatic rings. The van der Waals surface area contributed by atoms with E-state index in [1.54, 1.807) is 7.11 Å². The minimum absolute atomic E-state index is 0.232. The van der Waals surface area contributed by atoms with Crippen LogP contribution in [0.3, 0.4) is 0 Å². The summed E-state index contributed by atoms with van der Waals surface area (Å²) in [5, 5.41) is 0. The van der Waals surface area contributed by atoms with Crippen LogP contribution in [0.5, 0.6) is 11.5 Å². The van der Waals surface area contributed by atoms with E-state index in [-0.39, 0.29) is 5.41 Å². The highest BCUT2D eigenvalue weighted by atomic mass is 16.5. The number of amides is 1. The zero-order chi connectivity index (χ0) is 22.4. The summed E-state index contributed by atoms with van der Waals surface area (Å²) in [6.07, 6.45) is 6.03. The number of methoxy groups -OCH3 is 1. The van der Waals surface area contributed by atoms with E-state index in [1.807, 2.05) is 36.2 Å². The molecule has 32 heavy (non-hydrogen) atoms. The van der Waals surface area contributed by atoms with E-state index in [2.05, 4.69) is 29.2 Å². The van der Waals surface area contributed by atoms with E-state index in [0.29, 0.717) is 19.1 Å². The first-order chi connectivity index (χ1) is 15.6. The highest BCUT2D eigenvalue weighted by molar-refractivity contribution is 5.82. The number of likely N-dealkylation sites (N-methyl/N-ethyl adjacent to an activating group) is 1. The third kappa shape index (κ3) is 5.26. The molecule has 1 fully saturated rings. The van der Waals surface area contributed by atoms with E-state index in [9.17, 15) is 4.79 Å². The van der Waals surface area contributed by atoms with Gasteiger partial charge in [-0.3, -0.25) is 9.69 Å². The van der Waals surface area contributed by atoms with Crippen molar-refractivity contribution in [3.63, 3.8) is 0 Å². The fourth-order valence-electron chi connectivity index (χ4n) is 5.13. The first-order valence-corrected chi connectivity index (χ1v) is 11.9. The average molecular weight is 437 g/mol. The maximum Gasteiger partial charge on any atom is 0.228 e. The first kappa shape index (κ1) is 22.7. The highest BCUT2D eigenvalue weighted by Gasteiger charge is 2.42. The van der Waals surface area contributed by atoms with Crippen LogP contribution in [0.2, 0.25) is 0 Å². The van der Waals surface area contributed by atoms with E-state index < -0.39 is 0 Å². The number of ether oxygens (including phenoxy) is 2. The number of nitrogens with zero attached hydrogens (tertiary/aromatic N) is 2. The van der Waals surface area contributed by atoms with Crippen molar-refractivity contribution in [2.75, 3.05) is 40.4 Å². The molecule has 2 aliphatic heterocycles.